The Labute approximate surface area is 124 Å². The summed E-state index contributed by atoms with van der Waals surface area (Å²) in [5, 5.41) is 9.25. The van der Waals surface area contributed by atoms with Crippen LogP contribution in [0.2, 0.25) is 0 Å². The Balaban J connectivity index is 2.87. The van der Waals surface area contributed by atoms with Gasteiger partial charge in [-0.25, -0.2) is 21.9 Å². The van der Waals surface area contributed by atoms with Crippen molar-refractivity contribution in [2.45, 2.75) is 39.0 Å². The quantitative estimate of drug-likeness (QED) is 0.844. The summed E-state index contributed by atoms with van der Waals surface area (Å²) in [4.78, 5) is 0. The van der Waals surface area contributed by atoms with E-state index in [9.17, 15) is 22.3 Å². The van der Waals surface area contributed by atoms with E-state index < -0.39 is 39.0 Å². The first kappa shape index (κ1) is 18.0. The van der Waals surface area contributed by atoms with Gasteiger partial charge < -0.3 is 5.11 Å². The fourth-order valence-corrected chi connectivity index (χ4v) is 3.44. The van der Waals surface area contributed by atoms with E-state index >= 15 is 0 Å². The normalized spacial score (nSPS) is 14.2. The Kier molecular flexibility index (Phi) is 5.83. The third-order valence-corrected chi connectivity index (χ3v) is 4.18. The molecule has 0 aliphatic rings. The van der Waals surface area contributed by atoms with Crippen molar-refractivity contribution in [2.24, 2.45) is 5.41 Å². The van der Waals surface area contributed by atoms with Crippen molar-refractivity contribution in [2.75, 3.05) is 6.61 Å². The molecule has 0 aliphatic heterocycles. The van der Waals surface area contributed by atoms with Crippen LogP contribution in [-0.2, 0) is 15.8 Å². The highest BCUT2D eigenvalue weighted by molar-refractivity contribution is 7.88. The average Bonchev–Trinajstić information content (AvgIpc) is 2.31. The van der Waals surface area contributed by atoms with Gasteiger partial charge >= 0.3 is 0 Å². The molecule has 0 bridgehead atoms. The van der Waals surface area contributed by atoms with E-state index in [0.717, 1.165) is 12.1 Å². The van der Waals surface area contributed by atoms with Crippen LogP contribution in [0.1, 0.15) is 32.8 Å². The monoisotopic (exact) mass is 321 g/mol. The van der Waals surface area contributed by atoms with Crippen molar-refractivity contribution in [1.82, 2.24) is 4.72 Å². The minimum atomic E-state index is -3.95. The van der Waals surface area contributed by atoms with Crippen LogP contribution in [0.3, 0.4) is 0 Å². The second kappa shape index (κ2) is 6.81. The summed E-state index contributed by atoms with van der Waals surface area (Å²) in [5.41, 5.74) is -0.698. The first-order chi connectivity index (χ1) is 9.54. The molecule has 1 aromatic carbocycles. The third kappa shape index (κ3) is 6.07. The molecule has 21 heavy (non-hydrogen) atoms. The van der Waals surface area contributed by atoms with Crippen molar-refractivity contribution in [3.8, 4) is 0 Å². The highest BCUT2D eigenvalue weighted by Crippen LogP contribution is 2.22. The Morgan fingerprint density at radius 3 is 2.19 bits per heavy atom. The molecule has 7 heteroatoms. The lowest BCUT2D eigenvalue weighted by Crippen LogP contribution is -2.40. The maximum absolute atomic E-state index is 13.5. The van der Waals surface area contributed by atoms with Gasteiger partial charge in [0.05, 0.1) is 12.4 Å². The molecule has 1 aromatic rings. The zero-order chi connectivity index (χ0) is 16.3. The summed E-state index contributed by atoms with van der Waals surface area (Å²) >= 11 is 0. The average molecular weight is 321 g/mol. The van der Waals surface area contributed by atoms with Crippen molar-refractivity contribution in [1.29, 1.82) is 0 Å². The fourth-order valence-electron chi connectivity index (χ4n) is 2.04. The highest BCUT2D eigenvalue weighted by Gasteiger charge is 2.25. The molecule has 0 heterocycles. The molecule has 1 atom stereocenters. The number of hydrogen-bond acceptors (Lipinski definition) is 3. The van der Waals surface area contributed by atoms with Gasteiger partial charge in [-0.2, -0.15) is 0 Å². The zero-order valence-corrected chi connectivity index (χ0v) is 13.2. The largest absolute Gasteiger partial charge is 0.395 e. The number of aliphatic hydroxyl groups excluding tert-OH is 1. The van der Waals surface area contributed by atoms with E-state index in [4.69, 9.17) is 0 Å². The number of benzene rings is 1. The van der Waals surface area contributed by atoms with Crippen molar-refractivity contribution in [3.63, 3.8) is 0 Å². The summed E-state index contributed by atoms with van der Waals surface area (Å²) in [7, 11) is -3.95. The molecule has 0 saturated heterocycles. The van der Waals surface area contributed by atoms with E-state index in [1.165, 1.54) is 6.07 Å². The summed E-state index contributed by atoms with van der Waals surface area (Å²) in [6.07, 6.45) is 0.405. The zero-order valence-electron chi connectivity index (χ0n) is 12.4. The van der Waals surface area contributed by atoms with Gasteiger partial charge in [-0.15, -0.1) is 0 Å². The lowest BCUT2D eigenvalue weighted by atomic mass is 9.89. The van der Waals surface area contributed by atoms with E-state index in [1.54, 1.807) is 0 Å². The summed E-state index contributed by atoms with van der Waals surface area (Å²) < 4.78 is 53.3. The number of aliphatic hydroxyl groups is 1. The molecule has 2 N–H and O–H groups in total. The molecular weight excluding hydrogens is 300 g/mol. The van der Waals surface area contributed by atoms with Crippen LogP contribution >= 0.6 is 0 Å². The van der Waals surface area contributed by atoms with Gasteiger partial charge in [-0.1, -0.05) is 26.8 Å². The van der Waals surface area contributed by atoms with Crippen LogP contribution in [0.25, 0.3) is 0 Å². The van der Waals surface area contributed by atoms with Crippen LogP contribution in [0, 0.1) is 17.0 Å². The third-order valence-electron chi connectivity index (χ3n) is 2.82. The Morgan fingerprint density at radius 2 is 1.76 bits per heavy atom. The lowest BCUT2D eigenvalue weighted by molar-refractivity contribution is 0.214. The van der Waals surface area contributed by atoms with Gasteiger partial charge in [0.25, 0.3) is 0 Å². The molecule has 0 aromatic heterocycles. The molecule has 0 radical (unpaired) electrons. The van der Waals surface area contributed by atoms with E-state index in [0.29, 0.717) is 6.42 Å². The van der Waals surface area contributed by atoms with Crippen molar-refractivity contribution in [3.05, 3.63) is 35.4 Å². The van der Waals surface area contributed by atoms with Gasteiger partial charge in [0, 0.05) is 11.6 Å². The minimum Gasteiger partial charge on any atom is -0.395 e. The number of nitrogens with one attached hydrogen (secondary N) is 1. The molecule has 0 saturated carbocycles. The van der Waals surface area contributed by atoms with Crippen LogP contribution in [0.15, 0.2) is 18.2 Å². The first-order valence-electron chi connectivity index (χ1n) is 6.58. The predicted molar refractivity (Wildman–Crippen MR) is 77.1 cm³/mol. The first-order valence-corrected chi connectivity index (χ1v) is 8.23. The van der Waals surface area contributed by atoms with Crippen molar-refractivity contribution < 1.29 is 22.3 Å². The van der Waals surface area contributed by atoms with Gasteiger partial charge in [-0.05, 0) is 24.0 Å². The molecule has 1 unspecified atom stereocenters. The molecule has 0 spiro atoms. The topological polar surface area (TPSA) is 66.4 Å². The van der Waals surface area contributed by atoms with E-state index in [-0.39, 0.29) is 12.0 Å². The smallest absolute Gasteiger partial charge is 0.216 e. The number of halogens is 2. The Bertz CT molecular complexity index is 562. The maximum atomic E-state index is 13.5. The molecular formula is C14H21F2NO3S. The molecule has 0 amide bonds. The van der Waals surface area contributed by atoms with E-state index in [2.05, 4.69) is 4.72 Å². The molecule has 120 valence electrons. The fraction of sp³-hybridized carbons (Fsp3) is 0.571. The number of hydrogen-bond donors (Lipinski definition) is 2. The summed E-state index contributed by atoms with van der Waals surface area (Å²) in [6, 6.07) is 2.49. The standard InChI is InChI=1S/C14H21F2NO3S/c1-14(2,3)7-10(8-18)17-21(19,20)9-11-12(15)5-4-6-13(11)16/h4-6,10,17-18H,7-9H2,1-3H3. The maximum Gasteiger partial charge on any atom is 0.216 e. The molecule has 0 aliphatic carbocycles. The summed E-state index contributed by atoms with van der Waals surface area (Å²) in [5.74, 6) is -2.61. The second-order valence-electron chi connectivity index (χ2n) is 6.22. The Morgan fingerprint density at radius 1 is 1.24 bits per heavy atom. The van der Waals surface area contributed by atoms with Crippen LogP contribution in [0.4, 0.5) is 8.78 Å². The minimum absolute atomic E-state index is 0.195. The highest BCUT2D eigenvalue weighted by atomic mass is 32.2. The molecule has 4 nitrogen and oxygen atoms in total. The van der Waals surface area contributed by atoms with Gasteiger partial charge in [-0.3, -0.25) is 0 Å². The van der Waals surface area contributed by atoms with Crippen molar-refractivity contribution >= 4 is 10.0 Å². The van der Waals surface area contributed by atoms with Gasteiger partial charge in [0.1, 0.15) is 11.6 Å². The van der Waals surface area contributed by atoms with Crippen LogP contribution in [0.5, 0.6) is 0 Å². The van der Waals surface area contributed by atoms with Gasteiger partial charge in [0.15, 0.2) is 0 Å². The SMILES string of the molecule is CC(C)(C)CC(CO)NS(=O)(=O)Cc1c(F)cccc1F. The molecule has 0 fully saturated rings. The van der Waals surface area contributed by atoms with Crippen LogP contribution < -0.4 is 4.72 Å². The molecule has 1 rings (SSSR count). The number of rotatable bonds is 6. The van der Waals surface area contributed by atoms with E-state index in [1.807, 2.05) is 20.8 Å². The van der Waals surface area contributed by atoms with Crippen LogP contribution in [-0.4, -0.2) is 26.2 Å². The lowest BCUT2D eigenvalue weighted by Gasteiger charge is -2.25. The predicted octanol–water partition coefficient (Wildman–Crippen LogP) is 2.18. The number of sulfonamides is 1. The second-order valence-corrected chi connectivity index (χ2v) is 7.98. The Hall–Kier alpha value is -1.05. The summed E-state index contributed by atoms with van der Waals surface area (Å²) in [6.45, 7) is 5.33. The van der Waals surface area contributed by atoms with Gasteiger partial charge in [0.2, 0.25) is 10.0 Å².